The molecule has 0 unspecified atom stereocenters. The van der Waals surface area contributed by atoms with Gasteiger partial charge in [-0.2, -0.15) is 0 Å². The number of hydrogen-bond donors (Lipinski definition) is 0. The van der Waals surface area contributed by atoms with Crippen LogP contribution < -0.4 is 4.90 Å². The maximum absolute atomic E-state index is 13.0. The van der Waals surface area contributed by atoms with Gasteiger partial charge in [-0.3, -0.25) is 14.2 Å². The topological polar surface area (TPSA) is 68.1 Å². The number of aromatic nitrogens is 3. The molecule has 0 bridgehead atoms. The van der Waals surface area contributed by atoms with Crippen molar-refractivity contribution in [1.29, 1.82) is 0 Å². The second kappa shape index (κ2) is 5.60. The third kappa shape index (κ3) is 2.20. The third-order valence-electron chi connectivity index (χ3n) is 4.71. The average molecular weight is 354 g/mol. The number of imide groups is 1. The number of amides is 2. The summed E-state index contributed by atoms with van der Waals surface area (Å²) >= 11 is 0. The van der Waals surface area contributed by atoms with Crippen LogP contribution in [0.1, 0.15) is 26.3 Å². The maximum Gasteiger partial charge on any atom is 0.267 e. The van der Waals surface area contributed by atoms with Crippen molar-refractivity contribution in [3.8, 4) is 5.95 Å². The second-order valence-electron chi connectivity index (χ2n) is 6.44. The van der Waals surface area contributed by atoms with E-state index in [-0.39, 0.29) is 11.8 Å². The van der Waals surface area contributed by atoms with E-state index in [1.54, 1.807) is 47.3 Å². The van der Waals surface area contributed by atoms with E-state index in [2.05, 4.69) is 9.97 Å². The Morgan fingerprint density at radius 2 is 1.48 bits per heavy atom. The highest BCUT2D eigenvalue weighted by atomic mass is 16.2. The van der Waals surface area contributed by atoms with Crippen LogP contribution in [-0.2, 0) is 0 Å². The highest BCUT2D eigenvalue weighted by Gasteiger charge is 2.38. The summed E-state index contributed by atoms with van der Waals surface area (Å²) in [4.78, 5) is 35.8. The molecule has 0 spiro atoms. The zero-order chi connectivity index (χ0) is 18.5. The second-order valence-corrected chi connectivity index (χ2v) is 6.44. The van der Waals surface area contributed by atoms with Crippen molar-refractivity contribution in [3.63, 3.8) is 0 Å². The molecule has 0 atom stereocenters. The van der Waals surface area contributed by atoms with Gasteiger partial charge in [-0.05, 0) is 43.3 Å². The smallest absolute Gasteiger partial charge is 0.267 e. The zero-order valence-corrected chi connectivity index (χ0v) is 14.5. The first-order valence-electron chi connectivity index (χ1n) is 8.52. The number of carbonyl (C=O) groups is 2. The monoisotopic (exact) mass is 354 g/mol. The van der Waals surface area contributed by atoms with Crippen LogP contribution >= 0.6 is 0 Å². The molecule has 27 heavy (non-hydrogen) atoms. The van der Waals surface area contributed by atoms with Gasteiger partial charge in [-0.25, -0.2) is 14.9 Å². The first-order valence-corrected chi connectivity index (χ1v) is 8.52. The molecule has 0 N–H and O–H groups in total. The number of fused-ring (bicyclic) bond motifs is 2. The van der Waals surface area contributed by atoms with Crippen LogP contribution in [0.2, 0.25) is 0 Å². The summed E-state index contributed by atoms with van der Waals surface area (Å²) in [6.07, 6.45) is 3.27. The lowest BCUT2D eigenvalue weighted by atomic mass is 10.1. The molecule has 0 saturated carbocycles. The molecule has 130 valence electrons. The molecule has 2 amide bonds. The lowest BCUT2D eigenvalue weighted by molar-refractivity contribution is 0.0924. The molecule has 0 fully saturated rings. The van der Waals surface area contributed by atoms with E-state index in [1.807, 2.05) is 31.2 Å². The SMILES string of the molecule is Cc1ccc2c(c1)cc(N1C(=O)c3ccccc3C1=O)n2-c1ncccn1. The van der Waals surface area contributed by atoms with Crippen molar-refractivity contribution in [2.75, 3.05) is 4.90 Å². The standard InChI is InChI=1S/C21H14N4O2/c1-13-7-8-17-14(11-13)12-18(24(17)21-22-9-4-10-23-21)25-19(26)15-5-2-3-6-16(15)20(25)27/h2-12H,1H3. The number of aryl methyl sites for hydroxylation is 1. The Hall–Kier alpha value is -3.80. The van der Waals surface area contributed by atoms with Crippen LogP contribution in [0.15, 0.2) is 67.0 Å². The molecule has 3 heterocycles. The minimum atomic E-state index is -0.340. The van der Waals surface area contributed by atoms with E-state index < -0.39 is 0 Å². The fourth-order valence-electron chi connectivity index (χ4n) is 3.50. The van der Waals surface area contributed by atoms with E-state index in [0.29, 0.717) is 22.9 Å². The number of benzene rings is 2. The fraction of sp³-hybridized carbons (Fsp3) is 0.0476. The van der Waals surface area contributed by atoms with Crippen molar-refractivity contribution < 1.29 is 9.59 Å². The minimum absolute atomic E-state index is 0.340. The lowest BCUT2D eigenvalue weighted by Crippen LogP contribution is -2.31. The van der Waals surface area contributed by atoms with Crippen molar-refractivity contribution in [3.05, 3.63) is 83.7 Å². The lowest BCUT2D eigenvalue weighted by Gasteiger charge is -2.16. The van der Waals surface area contributed by atoms with Crippen molar-refractivity contribution in [2.24, 2.45) is 0 Å². The maximum atomic E-state index is 13.0. The van der Waals surface area contributed by atoms with Gasteiger partial charge >= 0.3 is 0 Å². The molecular weight excluding hydrogens is 340 g/mol. The molecule has 4 aromatic rings. The van der Waals surface area contributed by atoms with Crippen LogP contribution in [0.4, 0.5) is 5.82 Å². The number of nitrogens with zero attached hydrogens (tertiary/aromatic N) is 4. The Bertz CT molecular complexity index is 1190. The summed E-state index contributed by atoms with van der Waals surface area (Å²) in [5, 5.41) is 0.911. The van der Waals surface area contributed by atoms with Crippen molar-refractivity contribution in [1.82, 2.24) is 14.5 Å². The van der Waals surface area contributed by atoms with Crippen LogP contribution in [-0.4, -0.2) is 26.3 Å². The van der Waals surface area contributed by atoms with E-state index in [0.717, 1.165) is 16.5 Å². The van der Waals surface area contributed by atoms with Crippen LogP contribution in [0.25, 0.3) is 16.9 Å². The van der Waals surface area contributed by atoms with Crippen molar-refractivity contribution >= 4 is 28.5 Å². The van der Waals surface area contributed by atoms with E-state index in [4.69, 9.17) is 0 Å². The summed E-state index contributed by atoms with van der Waals surface area (Å²) in [5.74, 6) is 0.163. The van der Waals surface area contributed by atoms with Gasteiger partial charge in [0.15, 0.2) is 0 Å². The molecule has 2 aromatic heterocycles. The fourth-order valence-corrected chi connectivity index (χ4v) is 3.50. The third-order valence-corrected chi connectivity index (χ3v) is 4.71. The number of rotatable bonds is 2. The number of anilines is 1. The Morgan fingerprint density at radius 1 is 0.815 bits per heavy atom. The van der Waals surface area contributed by atoms with Gasteiger partial charge in [0, 0.05) is 17.8 Å². The molecule has 6 heteroatoms. The molecule has 0 saturated heterocycles. The van der Waals surface area contributed by atoms with E-state index >= 15 is 0 Å². The van der Waals surface area contributed by atoms with Crippen LogP contribution in [0.5, 0.6) is 0 Å². The molecule has 1 aliphatic heterocycles. The molecule has 1 aliphatic rings. The highest BCUT2D eigenvalue weighted by molar-refractivity contribution is 6.34. The van der Waals surface area contributed by atoms with Gasteiger partial charge < -0.3 is 0 Å². The molecule has 0 radical (unpaired) electrons. The van der Waals surface area contributed by atoms with Crippen LogP contribution in [0.3, 0.4) is 0 Å². The van der Waals surface area contributed by atoms with Gasteiger partial charge in [-0.15, -0.1) is 0 Å². The normalized spacial score (nSPS) is 13.4. The predicted molar refractivity (Wildman–Crippen MR) is 101 cm³/mol. The van der Waals surface area contributed by atoms with Gasteiger partial charge in [-0.1, -0.05) is 23.8 Å². The van der Waals surface area contributed by atoms with Gasteiger partial charge in [0.2, 0.25) is 5.95 Å². The summed E-state index contributed by atoms with van der Waals surface area (Å²) in [6.45, 7) is 2.00. The Labute approximate surface area is 154 Å². The zero-order valence-electron chi connectivity index (χ0n) is 14.5. The van der Waals surface area contributed by atoms with Gasteiger partial charge in [0.05, 0.1) is 16.6 Å². The Kier molecular flexibility index (Phi) is 3.21. The van der Waals surface area contributed by atoms with Crippen molar-refractivity contribution in [2.45, 2.75) is 6.92 Å². The highest BCUT2D eigenvalue weighted by Crippen LogP contribution is 2.34. The predicted octanol–water partition coefficient (Wildman–Crippen LogP) is 3.53. The Morgan fingerprint density at radius 3 is 2.15 bits per heavy atom. The molecule has 2 aromatic carbocycles. The quantitative estimate of drug-likeness (QED) is 0.517. The summed E-state index contributed by atoms with van der Waals surface area (Å²) < 4.78 is 1.75. The first kappa shape index (κ1) is 15.5. The molecule has 0 aliphatic carbocycles. The minimum Gasteiger partial charge on any atom is -0.268 e. The molecule has 5 rings (SSSR count). The Balaban J connectivity index is 1.80. The first-order chi connectivity index (χ1) is 13.1. The summed E-state index contributed by atoms with van der Waals surface area (Å²) in [5.41, 5.74) is 2.73. The molecule has 6 nitrogen and oxygen atoms in total. The van der Waals surface area contributed by atoms with E-state index in [9.17, 15) is 9.59 Å². The number of carbonyl (C=O) groups excluding carboxylic acids is 2. The summed E-state index contributed by atoms with van der Waals surface area (Å²) in [7, 11) is 0. The molecular formula is C21H14N4O2. The van der Waals surface area contributed by atoms with E-state index in [1.165, 1.54) is 4.90 Å². The average Bonchev–Trinajstić information content (AvgIpc) is 3.17. The summed E-state index contributed by atoms with van der Waals surface area (Å²) in [6, 6.07) is 16.4. The van der Waals surface area contributed by atoms with Gasteiger partial charge in [0.25, 0.3) is 11.8 Å². The largest absolute Gasteiger partial charge is 0.268 e. The van der Waals surface area contributed by atoms with Crippen LogP contribution in [0, 0.1) is 6.92 Å². The number of hydrogen-bond acceptors (Lipinski definition) is 4. The van der Waals surface area contributed by atoms with Gasteiger partial charge in [0.1, 0.15) is 5.82 Å².